The molecule has 0 aliphatic heterocycles. The van der Waals surface area contributed by atoms with Crippen molar-refractivity contribution >= 4 is 17.9 Å². The number of carbonyl (C=O) groups excluding carboxylic acids is 2. The Morgan fingerprint density at radius 3 is 1.95 bits per heavy atom. The molecule has 7 nitrogen and oxygen atoms in total. The Bertz CT molecular complexity index is 575. The fourth-order valence-corrected chi connectivity index (χ4v) is 1.52. The van der Waals surface area contributed by atoms with Crippen LogP contribution in [0.2, 0.25) is 0 Å². The first-order valence-corrected chi connectivity index (χ1v) is 6.15. The van der Waals surface area contributed by atoms with Gasteiger partial charge in [-0.2, -0.15) is 0 Å². The summed E-state index contributed by atoms with van der Waals surface area (Å²) < 4.78 is 15.3. The van der Waals surface area contributed by atoms with Gasteiger partial charge in [-0.15, -0.1) is 0 Å². The van der Waals surface area contributed by atoms with Crippen LogP contribution in [0, 0.1) is 0 Å². The molecule has 0 fully saturated rings. The Kier molecular flexibility index (Phi) is 5.29. The minimum absolute atomic E-state index is 0.0105. The maximum atomic E-state index is 11.2. The molecule has 0 aliphatic rings. The fraction of sp³-hybridized carbons (Fsp3) is 0.357. The maximum absolute atomic E-state index is 11.2. The number of ether oxygens (including phenoxy) is 3. The third-order valence-corrected chi connectivity index (χ3v) is 2.13. The number of rotatable bonds is 5. The fourth-order valence-electron chi connectivity index (χ4n) is 1.52. The third kappa shape index (κ3) is 4.79. The topological polar surface area (TPSA) is 99.1 Å². The van der Waals surface area contributed by atoms with Gasteiger partial charge in [-0.05, 0) is 26.0 Å². The largest absolute Gasteiger partial charge is 0.487 e. The first kappa shape index (κ1) is 16.5. The van der Waals surface area contributed by atoms with Crippen molar-refractivity contribution < 1.29 is 33.7 Å². The molecule has 0 aliphatic carbocycles. The van der Waals surface area contributed by atoms with E-state index in [9.17, 15) is 14.4 Å². The Labute approximate surface area is 121 Å². The van der Waals surface area contributed by atoms with Crippen LogP contribution < -0.4 is 14.2 Å². The quantitative estimate of drug-likeness (QED) is 0.655. The summed E-state index contributed by atoms with van der Waals surface area (Å²) in [4.78, 5) is 33.4. The van der Waals surface area contributed by atoms with Crippen molar-refractivity contribution in [2.24, 2.45) is 0 Å². The summed E-state index contributed by atoms with van der Waals surface area (Å²) >= 11 is 0. The van der Waals surface area contributed by atoms with Crippen LogP contribution in [0.15, 0.2) is 12.1 Å². The van der Waals surface area contributed by atoms with Crippen molar-refractivity contribution in [2.45, 2.75) is 33.8 Å². The van der Waals surface area contributed by atoms with Gasteiger partial charge in [-0.25, -0.2) is 4.79 Å². The first-order chi connectivity index (χ1) is 9.70. The number of hydrogen-bond donors (Lipinski definition) is 1. The zero-order chi connectivity index (χ0) is 16.2. The monoisotopic (exact) mass is 296 g/mol. The van der Waals surface area contributed by atoms with Gasteiger partial charge in [-0.1, -0.05) is 0 Å². The van der Waals surface area contributed by atoms with Gasteiger partial charge >= 0.3 is 17.9 Å². The van der Waals surface area contributed by atoms with E-state index in [1.54, 1.807) is 13.8 Å². The second kappa shape index (κ2) is 6.74. The Hall–Kier alpha value is -2.57. The van der Waals surface area contributed by atoms with E-state index in [0.29, 0.717) is 0 Å². The van der Waals surface area contributed by atoms with Crippen LogP contribution in [0.25, 0.3) is 0 Å². The summed E-state index contributed by atoms with van der Waals surface area (Å²) in [6, 6.07) is 2.29. The normalized spacial score (nSPS) is 10.1. The first-order valence-electron chi connectivity index (χ1n) is 6.15. The Morgan fingerprint density at radius 1 is 1.00 bits per heavy atom. The predicted molar refractivity (Wildman–Crippen MR) is 71.8 cm³/mol. The molecule has 0 spiro atoms. The molecule has 0 amide bonds. The molecule has 114 valence electrons. The molecular weight excluding hydrogens is 280 g/mol. The predicted octanol–water partition coefficient (Wildman–Crippen LogP) is 2.02. The third-order valence-electron chi connectivity index (χ3n) is 2.13. The van der Waals surface area contributed by atoms with Crippen LogP contribution in [0.1, 0.15) is 38.1 Å². The molecule has 0 aromatic heterocycles. The lowest BCUT2D eigenvalue weighted by atomic mass is 10.2. The van der Waals surface area contributed by atoms with Crippen molar-refractivity contribution in [2.75, 3.05) is 0 Å². The molecule has 1 rings (SSSR count). The van der Waals surface area contributed by atoms with Gasteiger partial charge in [0.1, 0.15) is 0 Å². The Balaban J connectivity index is 3.46. The van der Waals surface area contributed by atoms with Crippen LogP contribution in [-0.2, 0) is 9.59 Å². The summed E-state index contributed by atoms with van der Waals surface area (Å²) in [5, 5.41) is 9.07. The summed E-state index contributed by atoms with van der Waals surface area (Å²) in [6.07, 6.45) is -0.298. The van der Waals surface area contributed by atoms with Gasteiger partial charge in [0.15, 0.2) is 11.5 Å². The second-order valence-electron chi connectivity index (χ2n) is 4.46. The number of benzene rings is 1. The van der Waals surface area contributed by atoms with Crippen molar-refractivity contribution in [3.8, 4) is 17.2 Å². The van der Waals surface area contributed by atoms with Crippen LogP contribution in [0.3, 0.4) is 0 Å². The second-order valence-corrected chi connectivity index (χ2v) is 4.46. The van der Waals surface area contributed by atoms with Gasteiger partial charge in [0.05, 0.1) is 11.7 Å². The molecular formula is C14H16O7. The van der Waals surface area contributed by atoms with E-state index in [2.05, 4.69) is 0 Å². The number of hydrogen-bond acceptors (Lipinski definition) is 6. The average molecular weight is 296 g/mol. The van der Waals surface area contributed by atoms with Gasteiger partial charge in [0.2, 0.25) is 5.75 Å². The average Bonchev–Trinajstić information content (AvgIpc) is 2.30. The van der Waals surface area contributed by atoms with Crippen molar-refractivity contribution in [1.82, 2.24) is 0 Å². The molecule has 1 aromatic carbocycles. The minimum Gasteiger partial charge on any atom is -0.487 e. The molecule has 0 heterocycles. The number of carboxylic acids is 1. The zero-order valence-electron chi connectivity index (χ0n) is 12.1. The highest BCUT2D eigenvalue weighted by atomic mass is 16.6. The van der Waals surface area contributed by atoms with Crippen LogP contribution >= 0.6 is 0 Å². The number of carboxylic acid groups (broad SMARTS) is 1. The van der Waals surface area contributed by atoms with Crippen LogP contribution in [-0.4, -0.2) is 29.1 Å². The molecule has 1 aromatic rings. The molecule has 0 radical (unpaired) electrons. The van der Waals surface area contributed by atoms with Crippen LogP contribution in [0.5, 0.6) is 17.2 Å². The van der Waals surface area contributed by atoms with Gasteiger partial charge < -0.3 is 19.3 Å². The van der Waals surface area contributed by atoms with E-state index < -0.39 is 17.9 Å². The highest BCUT2D eigenvalue weighted by molar-refractivity contribution is 5.90. The smallest absolute Gasteiger partial charge is 0.335 e. The van der Waals surface area contributed by atoms with Gasteiger partial charge in [0, 0.05) is 13.8 Å². The SMILES string of the molecule is CC(=O)Oc1cc(C(=O)O)cc(OC(C)C)c1OC(C)=O. The number of esters is 2. The highest BCUT2D eigenvalue weighted by Crippen LogP contribution is 2.39. The lowest BCUT2D eigenvalue weighted by Gasteiger charge is -2.17. The van der Waals surface area contributed by atoms with E-state index >= 15 is 0 Å². The van der Waals surface area contributed by atoms with E-state index in [4.69, 9.17) is 19.3 Å². The van der Waals surface area contributed by atoms with E-state index in [1.807, 2.05) is 0 Å². The van der Waals surface area contributed by atoms with E-state index in [1.165, 1.54) is 13.0 Å². The zero-order valence-corrected chi connectivity index (χ0v) is 12.1. The summed E-state index contributed by atoms with van der Waals surface area (Å²) in [7, 11) is 0. The lowest BCUT2D eigenvalue weighted by Crippen LogP contribution is -2.13. The number of aromatic carboxylic acids is 1. The van der Waals surface area contributed by atoms with Gasteiger partial charge in [-0.3, -0.25) is 9.59 Å². The molecule has 7 heteroatoms. The summed E-state index contributed by atoms with van der Waals surface area (Å²) in [6.45, 7) is 5.75. The number of carbonyl (C=O) groups is 3. The molecule has 0 unspecified atom stereocenters. The molecule has 1 N–H and O–H groups in total. The summed E-state index contributed by atoms with van der Waals surface area (Å²) in [5.74, 6) is -2.87. The van der Waals surface area contributed by atoms with Crippen molar-refractivity contribution in [1.29, 1.82) is 0 Å². The maximum Gasteiger partial charge on any atom is 0.335 e. The Morgan fingerprint density at radius 2 is 1.52 bits per heavy atom. The van der Waals surface area contributed by atoms with Gasteiger partial charge in [0.25, 0.3) is 0 Å². The summed E-state index contributed by atoms with van der Waals surface area (Å²) in [5.41, 5.74) is -0.155. The molecule has 0 saturated carbocycles. The molecule has 0 bridgehead atoms. The van der Waals surface area contributed by atoms with Crippen molar-refractivity contribution in [3.05, 3.63) is 17.7 Å². The van der Waals surface area contributed by atoms with Crippen molar-refractivity contribution in [3.63, 3.8) is 0 Å². The van der Waals surface area contributed by atoms with E-state index in [-0.39, 0.29) is 28.9 Å². The standard InChI is InChI=1S/C14H16O7/c1-7(2)19-11-5-10(14(17)18)6-12(20-8(3)15)13(11)21-9(4)16/h5-7H,1-4H3,(H,17,18). The highest BCUT2D eigenvalue weighted by Gasteiger charge is 2.21. The van der Waals surface area contributed by atoms with Crippen LogP contribution in [0.4, 0.5) is 0 Å². The molecule has 0 atom stereocenters. The van der Waals surface area contributed by atoms with E-state index in [0.717, 1.165) is 13.0 Å². The minimum atomic E-state index is -1.23. The molecule has 0 saturated heterocycles. The lowest BCUT2D eigenvalue weighted by molar-refractivity contribution is -0.134. The molecule has 21 heavy (non-hydrogen) atoms.